The van der Waals surface area contributed by atoms with E-state index in [4.69, 9.17) is 9.47 Å². The average Bonchev–Trinajstić information content (AvgIpc) is 2.40. The van der Waals surface area contributed by atoms with Crippen molar-refractivity contribution in [2.24, 2.45) is 11.8 Å². The lowest BCUT2D eigenvalue weighted by atomic mass is 9.94. The van der Waals surface area contributed by atoms with Gasteiger partial charge < -0.3 is 14.4 Å². The van der Waals surface area contributed by atoms with E-state index in [2.05, 4.69) is 4.90 Å². The minimum Gasteiger partial charge on any atom is -0.466 e. The molecule has 18 heavy (non-hydrogen) atoms. The van der Waals surface area contributed by atoms with Crippen molar-refractivity contribution in [2.45, 2.75) is 32.6 Å². The zero-order chi connectivity index (χ0) is 12.8. The normalized spacial score (nSPS) is 27.1. The Balaban J connectivity index is 1.77. The van der Waals surface area contributed by atoms with Crippen molar-refractivity contribution < 1.29 is 14.3 Å². The number of hydrogen-bond donors (Lipinski definition) is 0. The molecule has 2 aliphatic heterocycles. The highest BCUT2D eigenvalue weighted by Gasteiger charge is 2.28. The number of carbonyl (C=O) groups is 1. The van der Waals surface area contributed by atoms with Crippen LogP contribution >= 0.6 is 0 Å². The smallest absolute Gasteiger partial charge is 0.310 e. The molecule has 0 bridgehead atoms. The summed E-state index contributed by atoms with van der Waals surface area (Å²) in [6, 6.07) is 0. The molecule has 0 aromatic carbocycles. The van der Waals surface area contributed by atoms with Crippen LogP contribution < -0.4 is 0 Å². The molecule has 0 saturated carbocycles. The number of rotatable bonds is 4. The molecule has 0 aromatic rings. The zero-order valence-electron chi connectivity index (χ0n) is 11.4. The van der Waals surface area contributed by atoms with Gasteiger partial charge in [-0.05, 0) is 45.1 Å². The molecule has 0 amide bonds. The molecule has 4 heteroatoms. The van der Waals surface area contributed by atoms with Gasteiger partial charge in [0.1, 0.15) is 0 Å². The highest BCUT2D eigenvalue weighted by molar-refractivity contribution is 5.72. The maximum Gasteiger partial charge on any atom is 0.310 e. The summed E-state index contributed by atoms with van der Waals surface area (Å²) in [5.41, 5.74) is 0. The van der Waals surface area contributed by atoms with Crippen LogP contribution in [0.1, 0.15) is 32.6 Å². The van der Waals surface area contributed by atoms with E-state index in [1.54, 1.807) is 0 Å². The van der Waals surface area contributed by atoms with Crippen LogP contribution in [0, 0.1) is 11.8 Å². The molecule has 0 unspecified atom stereocenters. The molecule has 0 aliphatic carbocycles. The predicted molar refractivity (Wildman–Crippen MR) is 69.3 cm³/mol. The lowest BCUT2D eigenvalue weighted by Crippen LogP contribution is -2.42. The number of likely N-dealkylation sites (tertiary alicyclic amines) is 1. The fourth-order valence-corrected chi connectivity index (χ4v) is 2.97. The van der Waals surface area contributed by atoms with Gasteiger partial charge in [0.2, 0.25) is 0 Å². The fourth-order valence-electron chi connectivity index (χ4n) is 2.97. The van der Waals surface area contributed by atoms with Crippen LogP contribution in [-0.2, 0) is 14.3 Å². The molecule has 2 fully saturated rings. The van der Waals surface area contributed by atoms with Crippen molar-refractivity contribution >= 4 is 5.97 Å². The molecule has 0 spiro atoms. The van der Waals surface area contributed by atoms with E-state index in [-0.39, 0.29) is 11.9 Å². The second kappa shape index (κ2) is 7.10. The molecule has 4 nitrogen and oxygen atoms in total. The zero-order valence-corrected chi connectivity index (χ0v) is 11.4. The van der Waals surface area contributed by atoms with Crippen molar-refractivity contribution in [3.8, 4) is 0 Å². The first kappa shape index (κ1) is 13.8. The summed E-state index contributed by atoms with van der Waals surface area (Å²) in [4.78, 5) is 14.2. The van der Waals surface area contributed by atoms with Crippen LogP contribution in [0.4, 0.5) is 0 Å². The van der Waals surface area contributed by atoms with E-state index in [0.717, 1.165) is 51.6 Å². The van der Waals surface area contributed by atoms with E-state index in [9.17, 15) is 4.79 Å². The van der Waals surface area contributed by atoms with Gasteiger partial charge in [-0.25, -0.2) is 0 Å². The van der Waals surface area contributed by atoms with Crippen LogP contribution in [0.5, 0.6) is 0 Å². The maximum absolute atomic E-state index is 11.8. The topological polar surface area (TPSA) is 38.8 Å². The van der Waals surface area contributed by atoms with Gasteiger partial charge >= 0.3 is 5.97 Å². The number of ether oxygens (including phenoxy) is 2. The Bertz CT molecular complexity index is 264. The van der Waals surface area contributed by atoms with E-state index >= 15 is 0 Å². The summed E-state index contributed by atoms with van der Waals surface area (Å²) in [5.74, 6) is 0.840. The van der Waals surface area contributed by atoms with Crippen LogP contribution in [0.3, 0.4) is 0 Å². The quantitative estimate of drug-likeness (QED) is 0.717. The summed E-state index contributed by atoms with van der Waals surface area (Å²) < 4.78 is 10.5. The molecule has 0 N–H and O–H groups in total. The van der Waals surface area contributed by atoms with Gasteiger partial charge in [0.15, 0.2) is 0 Å². The van der Waals surface area contributed by atoms with Crippen molar-refractivity contribution in [2.75, 3.05) is 39.5 Å². The Morgan fingerprint density at radius 2 is 2.11 bits per heavy atom. The van der Waals surface area contributed by atoms with Crippen molar-refractivity contribution in [1.29, 1.82) is 0 Å². The molecule has 2 saturated heterocycles. The summed E-state index contributed by atoms with van der Waals surface area (Å²) in [5, 5.41) is 0. The Labute approximate surface area is 110 Å². The van der Waals surface area contributed by atoms with E-state index in [1.165, 1.54) is 12.8 Å². The third-order valence-corrected chi connectivity index (χ3v) is 3.98. The van der Waals surface area contributed by atoms with Gasteiger partial charge in [-0.15, -0.1) is 0 Å². The molecule has 2 rings (SSSR count). The van der Waals surface area contributed by atoms with Crippen LogP contribution in [0.2, 0.25) is 0 Å². The summed E-state index contributed by atoms with van der Waals surface area (Å²) in [6.45, 7) is 7.32. The molecule has 2 heterocycles. The van der Waals surface area contributed by atoms with Crippen LogP contribution in [0.15, 0.2) is 0 Å². The second-order valence-electron chi connectivity index (χ2n) is 5.41. The van der Waals surface area contributed by atoms with Crippen molar-refractivity contribution in [1.82, 2.24) is 4.90 Å². The Morgan fingerprint density at radius 3 is 2.83 bits per heavy atom. The van der Waals surface area contributed by atoms with Crippen molar-refractivity contribution in [3.63, 3.8) is 0 Å². The van der Waals surface area contributed by atoms with Gasteiger partial charge in [-0.2, -0.15) is 0 Å². The van der Waals surface area contributed by atoms with Gasteiger partial charge in [0.25, 0.3) is 0 Å². The summed E-state index contributed by atoms with van der Waals surface area (Å²) >= 11 is 0. The first-order valence-electron chi connectivity index (χ1n) is 7.26. The number of esters is 1. The third-order valence-electron chi connectivity index (χ3n) is 3.98. The minimum absolute atomic E-state index is 0.00539. The fraction of sp³-hybridized carbons (Fsp3) is 0.929. The lowest BCUT2D eigenvalue weighted by molar-refractivity contribution is -0.150. The molecule has 104 valence electrons. The summed E-state index contributed by atoms with van der Waals surface area (Å²) in [7, 11) is 0. The number of nitrogens with zero attached hydrogens (tertiary/aromatic N) is 1. The van der Waals surface area contributed by atoms with Gasteiger partial charge in [-0.1, -0.05) is 0 Å². The van der Waals surface area contributed by atoms with E-state index in [0.29, 0.717) is 6.61 Å². The highest BCUT2D eigenvalue weighted by Crippen LogP contribution is 2.22. The summed E-state index contributed by atoms with van der Waals surface area (Å²) in [6.07, 6.45) is 4.44. The molecular weight excluding hydrogens is 230 g/mol. The molecule has 2 aliphatic rings. The molecule has 0 aromatic heterocycles. The van der Waals surface area contributed by atoms with Gasteiger partial charge in [0, 0.05) is 26.3 Å². The van der Waals surface area contributed by atoms with Crippen LogP contribution in [-0.4, -0.2) is 50.3 Å². The molecule has 0 radical (unpaired) electrons. The first-order valence-corrected chi connectivity index (χ1v) is 7.26. The maximum atomic E-state index is 11.8. The second-order valence-corrected chi connectivity index (χ2v) is 5.41. The monoisotopic (exact) mass is 255 g/mol. The average molecular weight is 255 g/mol. The third kappa shape index (κ3) is 3.95. The number of piperidine rings is 1. The molecule has 1 atom stereocenters. The Kier molecular flexibility index (Phi) is 5.45. The Hall–Kier alpha value is -0.610. The highest BCUT2D eigenvalue weighted by atomic mass is 16.5. The Morgan fingerprint density at radius 1 is 1.33 bits per heavy atom. The number of carbonyl (C=O) groups excluding carboxylic acids is 1. The van der Waals surface area contributed by atoms with E-state index < -0.39 is 0 Å². The SMILES string of the molecule is CCOC(=O)[C@@H]1CCCN(CC2CCOCC2)C1. The first-order chi connectivity index (χ1) is 8.79. The number of hydrogen-bond acceptors (Lipinski definition) is 4. The van der Waals surface area contributed by atoms with Gasteiger partial charge in [-0.3, -0.25) is 4.79 Å². The largest absolute Gasteiger partial charge is 0.466 e. The van der Waals surface area contributed by atoms with Crippen molar-refractivity contribution in [3.05, 3.63) is 0 Å². The molecular formula is C14H25NO3. The minimum atomic E-state index is -0.00539. The predicted octanol–water partition coefficient (Wildman–Crippen LogP) is 1.69. The van der Waals surface area contributed by atoms with Crippen LogP contribution in [0.25, 0.3) is 0 Å². The lowest BCUT2D eigenvalue weighted by Gasteiger charge is -2.35. The van der Waals surface area contributed by atoms with E-state index in [1.807, 2.05) is 6.92 Å². The standard InChI is InChI=1S/C14H25NO3/c1-2-18-14(16)13-4-3-7-15(11-13)10-12-5-8-17-9-6-12/h12-13H,2-11H2,1H3/t13-/m1/s1. The van der Waals surface area contributed by atoms with Gasteiger partial charge in [0.05, 0.1) is 12.5 Å².